The van der Waals surface area contributed by atoms with Crippen molar-refractivity contribution in [3.05, 3.63) is 67.6 Å². The first-order chi connectivity index (χ1) is 8.63. The third-order valence-corrected chi connectivity index (χ3v) is 4.62. The molecule has 2 aromatic rings. The van der Waals surface area contributed by atoms with E-state index in [9.17, 15) is 0 Å². The van der Waals surface area contributed by atoms with Gasteiger partial charge in [-0.1, -0.05) is 51.8 Å². The third-order valence-electron chi connectivity index (χ3n) is 2.78. The molecular formula is C14H12Br2ClN. The van der Waals surface area contributed by atoms with Crippen molar-refractivity contribution in [3.8, 4) is 0 Å². The van der Waals surface area contributed by atoms with Crippen LogP contribution in [0.2, 0.25) is 5.02 Å². The van der Waals surface area contributed by atoms with E-state index in [0.29, 0.717) is 0 Å². The molecule has 0 fully saturated rings. The van der Waals surface area contributed by atoms with Crippen LogP contribution in [0, 0.1) is 0 Å². The molecule has 1 nitrogen and oxygen atoms in total. The summed E-state index contributed by atoms with van der Waals surface area (Å²) in [7, 11) is 1.93. The topological polar surface area (TPSA) is 12.0 Å². The fourth-order valence-electron chi connectivity index (χ4n) is 1.90. The second-order valence-electron chi connectivity index (χ2n) is 3.92. The summed E-state index contributed by atoms with van der Waals surface area (Å²) in [5, 5.41) is 4.05. The molecule has 4 heteroatoms. The van der Waals surface area contributed by atoms with Crippen molar-refractivity contribution in [3.63, 3.8) is 0 Å². The minimum absolute atomic E-state index is 0.0862. The minimum Gasteiger partial charge on any atom is -0.309 e. The van der Waals surface area contributed by atoms with Crippen molar-refractivity contribution < 1.29 is 0 Å². The lowest BCUT2D eigenvalue weighted by Crippen LogP contribution is -2.18. The summed E-state index contributed by atoms with van der Waals surface area (Å²) in [5.41, 5.74) is 2.25. The van der Waals surface area contributed by atoms with Crippen molar-refractivity contribution in [2.24, 2.45) is 0 Å². The standard InChI is InChI=1S/C14H12Br2ClN/c1-18-14(9-5-7-10(15)8-6-9)11-3-2-4-12(16)13(11)17/h2-8,14,18H,1H3. The van der Waals surface area contributed by atoms with Gasteiger partial charge in [0, 0.05) is 8.95 Å². The Balaban J connectivity index is 2.45. The van der Waals surface area contributed by atoms with Crippen LogP contribution in [0.1, 0.15) is 17.2 Å². The van der Waals surface area contributed by atoms with Crippen molar-refractivity contribution in [2.45, 2.75) is 6.04 Å². The summed E-state index contributed by atoms with van der Waals surface area (Å²) in [4.78, 5) is 0. The Morgan fingerprint density at radius 2 is 1.72 bits per heavy atom. The van der Waals surface area contributed by atoms with Gasteiger partial charge in [-0.15, -0.1) is 0 Å². The molecule has 18 heavy (non-hydrogen) atoms. The molecule has 2 rings (SSSR count). The normalized spacial score (nSPS) is 12.4. The van der Waals surface area contributed by atoms with Crippen LogP contribution in [0.25, 0.3) is 0 Å². The lowest BCUT2D eigenvalue weighted by molar-refractivity contribution is 0.691. The highest BCUT2D eigenvalue weighted by molar-refractivity contribution is 9.10. The molecule has 0 bridgehead atoms. The maximum atomic E-state index is 6.35. The molecule has 0 radical (unpaired) electrons. The van der Waals surface area contributed by atoms with Crippen molar-refractivity contribution >= 4 is 43.5 Å². The summed E-state index contributed by atoms with van der Waals surface area (Å²) in [6, 6.07) is 14.3. The van der Waals surface area contributed by atoms with E-state index >= 15 is 0 Å². The Bertz CT molecular complexity index is 540. The molecule has 0 heterocycles. The van der Waals surface area contributed by atoms with Crippen LogP contribution in [-0.2, 0) is 0 Å². The molecule has 0 aliphatic carbocycles. The van der Waals surface area contributed by atoms with Gasteiger partial charge in [0.05, 0.1) is 11.1 Å². The quantitative estimate of drug-likeness (QED) is 0.763. The molecule has 1 unspecified atom stereocenters. The van der Waals surface area contributed by atoms with Crippen LogP contribution in [0.5, 0.6) is 0 Å². The van der Waals surface area contributed by atoms with Gasteiger partial charge in [-0.3, -0.25) is 0 Å². The molecule has 0 aliphatic heterocycles. The molecule has 0 spiro atoms. The van der Waals surface area contributed by atoms with Gasteiger partial charge in [0.2, 0.25) is 0 Å². The summed E-state index contributed by atoms with van der Waals surface area (Å²) < 4.78 is 1.99. The fourth-order valence-corrected chi connectivity index (χ4v) is 2.78. The molecule has 1 atom stereocenters. The summed E-state index contributed by atoms with van der Waals surface area (Å²) in [6.45, 7) is 0. The van der Waals surface area contributed by atoms with Gasteiger partial charge in [-0.2, -0.15) is 0 Å². The maximum Gasteiger partial charge on any atom is 0.0599 e. The lowest BCUT2D eigenvalue weighted by Gasteiger charge is -2.19. The van der Waals surface area contributed by atoms with Gasteiger partial charge in [-0.05, 0) is 52.3 Å². The van der Waals surface area contributed by atoms with E-state index in [1.165, 1.54) is 5.56 Å². The van der Waals surface area contributed by atoms with Crippen LogP contribution in [0.15, 0.2) is 51.4 Å². The van der Waals surface area contributed by atoms with Crippen LogP contribution < -0.4 is 5.32 Å². The van der Waals surface area contributed by atoms with E-state index in [2.05, 4.69) is 49.3 Å². The Kier molecular flexibility index (Phi) is 4.84. The van der Waals surface area contributed by atoms with Crippen LogP contribution in [0.4, 0.5) is 0 Å². The minimum atomic E-state index is 0.0862. The van der Waals surface area contributed by atoms with Crippen LogP contribution >= 0.6 is 43.5 Å². The molecular weight excluding hydrogens is 377 g/mol. The maximum absolute atomic E-state index is 6.35. The summed E-state index contributed by atoms with van der Waals surface area (Å²) in [5.74, 6) is 0. The highest BCUT2D eigenvalue weighted by atomic mass is 79.9. The Morgan fingerprint density at radius 1 is 1.06 bits per heavy atom. The Labute approximate surface area is 129 Å². The summed E-state index contributed by atoms with van der Waals surface area (Å²) in [6.07, 6.45) is 0. The average Bonchev–Trinajstić information content (AvgIpc) is 2.37. The summed E-state index contributed by atoms with van der Waals surface area (Å²) >= 11 is 13.3. The SMILES string of the molecule is CNC(c1ccc(Br)cc1)c1cccc(Br)c1Cl. The molecule has 0 aliphatic rings. The van der Waals surface area contributed by atoms with Crippen LogP contribution in [-0.4, -0.2) is 7.05 Å². The smallest absolute Gasteiger partial charge is 0.0599 e. The van der Waals surface area contributed by atoms with Gasteiger partial charge in [0.1, 0.15) is 0 Å². The number of hydrogen-bond donors (Lipinski definition) is 1. The molecule has 94 valence electrons. The lowest BCUT2D eigenvalue weighted by atomic mass is 9.99. The molecule has 0 saturated heterocycles. The number of rotatable bonds is 3. The predicted molar refractivity (Wildman–Crippen MR) is 84.2 cm³/mol. The number of benzene rings is 2. The first kappa shape index (κ1) is 14.1. The van der Waals surface area contributed by atoms with Crippen molar-refractivity contribution in [1.82, 2.24) is 5.32 Å². The zero-order chi connectivity index (χ0) is 13.1. The van der Waals surface area contributed by atoms with Gasteiger partial charge in [0.25, 0.3) is 0 Å². The molecule has 0 saturated carbocycles. The number of nitrogens with one attached hydrogen (secondary N) is 1. The van der Waals surface area contributed by atoms with E-state index in [-0.39, 0.29) is 6.04 Å². The second-order valence-corrected chi connectivity index (χ2v) is 6.06. The zero-order valence-electron chi connectivity index (χ0n) is 9.75. The highest BCUT2D eigenvalue weighted by Gasteiger charge is 2.16. The van der Waals surface area contributed by atoms with Gasteiger partial charge >= 0.3 is 0 Å². The fraction of sp³-hybridized carbons (Fsp3) is 0.143. The molecule has 1 N–H and O–H groups in total. The highest BCUT2D eigenvalue weighted by Crippen LogP contribution is 2.33. The molecule has 2 aromatic carbocycles. The van der Waals surface area contributed by atoms with E-state index in [4.69, 9.17) is 11.6 Å². The zero-order valence-corrected chi connectivity index (χ0v) is 13.7. The van der Waals surface area contributed by atoms with Crippen LogP contribution in [0.3, 0.4) is 0 Å². The van der Waals surface area contributed by atoms with Gasteiger partial charge in [-0.25, -0.2) is 0 Å². The van der Waals surface area contributed by atoms with Crippen molar-refractivity contribution in [1.29, 1.82) is 0 Å². The van der Waals surface area contributed by atoms with E-state index in [0.717, 1.165) is 19.5 Å². The van der Waals surface area contributed by atoms with Gasteiger partial charge in [0.15, 0.2) is 0 Å². The first-order valence-electron chi connectivity index (χ1n) is 5.50. The van der Waals surface area contributed by atoms with E-state index in [1.54, 1.807) is 0 Å². The molecule has 0 aromatic heterocycles. The molecule has 0 amide bonds. The Hall–Kier alpha value is -0.350. The average molecular weight is 390 g/mol. The second kappa shape index (κ2) is 6.20. The largest absolute Gasteiger partial charge is 0.309 e. The van der Waals surface area contributed by atoms with Crippen molar-refractivity contribution in [2.75, 3.05) is 7.05 Å². The number of halogens is 3. The first-order valence-corrected chi connectivity index (χ1v) is 7.46. The van der Waals surface area contributed by atoms with E-state index in [1.807, 2.05) is 37.4 Å². The Morgan fingerprint density at radius 3 is 2.33 bits per heavy atom. The number of hydrogen-bond acceptors (Lipinski definition) is 1. The van der Waals surface area contributed by atoms with Gasteiger partial charge < -0.3 is 5.32 Å². The monoisotopic (exact) mass is 387 g/mol. The third kappa shape index (κ3) is 2.97. The van der Waals surface area contributed by atoms with E-state index < -0.39 is 0 Å². The predicted octanol–water partition coefficient (Wildman–Crippen LogP) is 5.17.